The van der Waals surface area contributed by atoms with Crippen LogP contribution in [0.1, 0.15) is 42.5 Å². The van der Waals surface area contributed by atoms with Gasteiger partial charge in [-0.1, -0.05) is 11.6 Å². The molecule has 2 aliphatic rings. The third-order valence-corrected chi connectivity index (χ3v) is 10.4. The van der Waals surface area contributed by atoms with Gasteiger partial charge in [-0.05, 0) is 55.7 Å². The lowest BCUT2D eigenvalue weighted by Gasteiger charge is -2.42. The van der Waals surface area contributed by atoms with Crippen LogP contribution in [0, 0.1) is 29.3 Å². The summed E-state index contributed by atoms with van der Waals surface area (Å²) in [5.74, 6) is -7.18. The van der Waals surface area contributed by atoms with E-state index in [-0.39, 0.29) is 47.0 Å². The van der Waals surface area contributed by atoms with Crippen LogP contribution in [-0.2, 0) is 14.6 Å². The van der Waals surface area contributed by atoms with E-state index in [1.165, 1.54) is 12.1 Å². The van der Waals surface area contributed by atoms with Crippen LogP contribution in [0.4, 0.5) is 18.9 Å². The molecule has 14 heteroatoms. The summed E-state index contributed by atoms with van der Waals surface area (Å²) in [7, 11) is -4.12. The van der Waals surface area contributed by atoms with Gasteiger partial charge in [0.2, 0.25) is 5.91 Å². The van der Waals surface area contributed by atoms with Gasteiger partial charge in [0.05, 0.1) is 39.9 Å². The molecule has 0 aromatic heterocycles. The zero-order chi connectivity index (χ0) is 29.4. The number of carbonyl (C=O) groups excluding carboxylic acids is 2. The van der Waals surface area contributed by atoms with E-state index in [1.54, 1.807) is 0 Å². The van der Waals surface area contributed by atoms with E-state index in [4.69, 9.17) is 16.7 Å². The highest BCUT2D eigenvalue weighted by Crippen LogP contribution is 2.53. The number of hydrogen-bond donors (Lipinski definition) is 5. The molecule has 2 fully saturated rings. The number of halogens is 4. The molecular weight excluding hydrogens is 577 g/mol. The van der Waals surface area contributed by atoms with Gasteiger partial charge in [-0.3, -0.25) is 9.59 Å². The van der Waals surface area contributed by atoms with E-state index < -0.39 is 74.5 Å². The first kappa shape index (κ1) is 30.3. The first-order valence-corrected chi connectivity index (χ1v) is 14.5. The normalized spacial score (nSPS) is 24.9. The first-order valence-electron chi connectivity index (χ1n) is 12.5. The monoisotopic (exact) mass is 604 g/mol. The summed E-state index contributed by atoms with van der Waals surface area (Å²) in [5.41, 5.74) is -1.99. The zero-order valence-electron chi connectivity index (χ0n) is 21.0. The summed E-state index contributed by atoms with van der Waals surface area (Å²) in [6.45, 7) is -0.727. The van der Waals surface area contributed by atoms with Gasteiger partial charge in [0.15, 0.2) is 27.3 Å². The quantitative estimate of drug-likeness (QED) is 0.276. The molecule has 40 heavy (non-hydrogen) atoms. The second-order valence-corrected chi connectivity index (χ2v) is 12.9. The van der Waals surface area contributed by atoms with Gasteiger partial charge in [-0.15, -0.1) is 0 Å². The topological polar surface area (TPSA) is 153 Å². The van der Waals surface area contributed by atoms with Gasteiger partial charge in [0, 0.05) is 29.9 Å². The zero-order valence-corrected chi connectivity index (χ0v) is 22.6. The molecule has 0 aliphatic heterocycles. The van der Waals surface area contributed by atoms with Crippen LogP contribution in [0.2, 0.25) is 5.02 Å². The minimum atomic E-state index is -4.12. The SMILES string of the molecule is O=C(CC1(O)C2CCC1CC(S(=O)(=O)c1cc(C(=O)Nc3cc(F)c(F)c(F)c3)ccc1Cl)C2)NCC(O)CO. The van der Waals surface area contributed by atoms with Crippen LogP contribution < -0.4 is 10.6 Å². The molecule has 5 N–H and O–H groups in total. The largest absolute Gasteiger partial charge is 0.394 e. The number of aliphatic hydroxyl groups is 3. The Morgan fingerprint density at radius 2 is 1.68 bits per heavy atom. The number of hydrogen-bond acceptors (Lipinski definition) is 7. The molecule has 4 rings (SSSR count). The molecule has 218 valence electrons. The van der Waals surface area contributed by atoms with Crippen LogP contribution in [0.5, 0.6) is 0 Å². The van der Waals surface area contributed by atoms with Gasteiger partial charge in [-0.25, -0.2) is 21.6 Å². The Morgan fingerprint density at radius 3 is 2.25 bits per heavy atom. The van der Waals surface area contributed by atoms with Crippen molar-refractivity contribution in [1.29, 1.82) is 0 Å². The predicted octanol–water partition coefficient (Wildman–Crippen LogP) is 2.56. The molecule has 2 aliphatic carbocycles. The van der Waals surface area contributed by atoms with Crippen molar-refractivity contribution in [3.63, 3.8) is 0 Å². The number of anilines is 1. The highest BCUT2D eigenvalue weighted by molar-refractivity contribution is 7.92. The van der Waals surface area contributed by atoms with E-state index >= 15 is 0 Å². The van der Waals surface area contributed by atoms with Gasteiger partial charge in [0.1, 0.15) is 0 Å². The Labute approximate surface area is 233 Å². The molecule has 2 aromatic carbocycles. The molecule has 9 nitrogen and oxygen atoms in total. The standard InChI is InChI=1S/C26H28ClF3N2O7S/c27-19-4-1-13(25(36)32-16-8-20(28)24(30)21(29)9-16)5-22(19)40(38,39)18-6-14-2-3-15(7-18)26(14,37)10-23(35)31-11-17(34)12-33/h1,4-5,8-9,14-15,17-18,33-34,37H,2-3,6-7,10-12H2,(H,31,35)(H,32,36). The lowest BCUT2D eigenvalue weighted by atomic mass is 9.72. The molecule has 2 saturated carbocycles. The van der Waals surface area contributed by atoms with Crippen LogP contribution >= 0.6 is 11.6 Å². The van der Waals surface area contributed by atoms with Crippen molar-refractivity contribution in [3.05, 3.63) is 58.4 Å². The van der Waals surface area contributed by atoms with Gasteiger partial charge < -0.3 is 26.0 Å². The van der Waals surface area contributed by atoms with E-state index in [0.29, 0.717) is 25.0 Å². The molecule has 3 unspecified atom stereocenters. The first-order chi connectivity index (χ1) is 18.8. The number of fused-ring (bicyclic) bond motifs is 2. The molecule has 3 atom stereocenters. The lowest BCUT2D eigenvalue weighted by molar-refractivity contribution is -0.133. The number of rotatable bonds is 9. The van der Waals surface area contributed by atoms with Gasteiger partial charge in [0.25, 0.3) is 5.91 Å². The summed E-state index contributed by atoms with van der Waals surface area (Å²) in [4.78, 5) is 24.8. The van der Waals surface area contributed by atoms with Crippen molar-refractivity contribution >= 4 is 38.9 Å². The Bertz CT molecular complexity index is 1390. The fourth-order valence-corrected chi connectivity index (χ4v) is 8.04. The van der Waals surface area contributed by atoms with E-state index in [2.05, 4.69) is 10.6 Å². The van der Waals surface area contributed by atoms with Crippen LogP contribution in [-0.4, -0.2) is 65.7 Å². The van der Waals surface area contributed by atoms with Gasteiger partial charge in [-0.2, -0.15) is 0 Å². The van der Waals surface area contributed by atoms with Crippen molar-refractivity contribution in [2.75, 3.05) is 18.5 Å². The van der Waals surface area contributed by atoms with Crippen molar-refractivity contribution in [3.8, 4) is 0 Å². The third kappa shape index (κ3) is 5.98. The molecule has 2 bridgehead atoms. The summed E-state index contributed by atoms with van der Waals surface area (Å²) in [6, 6.07) is 4.64. The lowest BCUT2D eigenvalue weighted by Crippen LogP contribution is -2.51. The number of sulfone groups is 1. The summed E-state index contributed by atoms with van der Waals surface area (Å²) >= 11 is 6.22. The van der Waals surface area contributed by atoms with Crippen LogP contribution in [0.3, 0.4) is 0 Å². The maximum Gasteiger partial charge on any atom is 0.255 e. The summed E-state index contributed by atoms with van der Waals surface area (Å²) in [5, 5.41) is 33.2. The number of amides is 2. The Balaban J connectivity index is 1.51. The highest BCUT2D eigenvalue weighted by Gasteiger charge is 2.56. The van der Waals surface area contributed by atoms with Crippen LogP contribution in [0.15, 0.2) is 35.2 Å². The summed E-state index contributed by atoms with van der Waals surface area (Å²) in [6.07, 6.45) is -0.335. The smallest absolute Gasteiger partial charge is 0.255 e. The van der Waals surface area contributed by atoms with Crippen molar-refractivity contribution in [1.82, 2.24) is 5.32 Å². The molecule has 0 spiro atoms. The minimum Gasteiger partial charge on any atom is -0.394 e. The average Bonchev–Trinajstić information content (AvgIpc) is 3.06. The molecular formula is C26H28ClF3N2O7S. The van der Waals surface area contributed by atoms with Gasteiger partial charge >= 0.3 is 0 Å². The minimum absolute atomic E-state index is 0.0444. The third-order valence-electron chi connectivity index (χ3n) is 7.74. The highest BCUT2D eigenvalue weighted by atomic mass is 35.5. The maximum atomic E-state index is 13.7. The van der Waals surface area contributed by atoms with E-state index in [1.807, 2.05) is 0 Å². The summed E-state index contributed by atoms with van der Waals surface area (Å²) < 4.78 is 67.6. The second kappa shape index (κ2) is 11.6. The predicted molar refractivity (Wildman–Crippen MR) is 138 cm³/mol. The number of nitrogens with one attached hydrogen (secondary N) is 2. The molecule has 0 heterocycles. The molecule has 2 amide bonds. The Hall–Kier alpha value is -2.71. The Kier molecular flexibility index (Phi) is 8.81. The average molecular weight is 605 g/mol. The van der Waals surface area contributed by atoms with Crippen LogP contribution in [0.25, 0.3) is 0 Å². The van der Waals surface area contributed by atoms with Crippen molar-refractivity contribution in [2.45, 2.75) is 54.0 Å². The van der Waals surface area contributed by atoms with Crippen molar-refractivity contribution in [2.24, 2.45) is 11.8 Å². The number of aliphatic hydroxyl groups excluding tert-OH is 2. The number of carbonyl (C=O) groups is 2. The molecule has 2 aromatic rings. The molecule has 0 saturated heterocycles. The second-order valence-electron chi connectivity index (χ2n) is 10.3. The fraction of sp³-hybridized carbons (Fsp3) is 0.462. The fourth-order valence-electron chi connectivity index (χ4n) is 5.64. The molecule has 0 radical (unpaired) electrons. The van der Waals surface area contributed by atoms with Crippen molar-refractivity contribution < 1.29 is 46.5 Å². The maximum absolute atomic E-state index is 13.7. The Morgan fingerprint density at radius 1 is 1.07 bits per heavy atom. The number of benzene rings is 2. The van der Waals surface area contributed by atoms with E-state index in [0.717, 1.165) is 6.07 Å². The van der Waals surface area contributed by atoms with E-state index in [9.17, 15) is 41.4 Å².